The van der Waals surface area contributed by atoms with Crippen LogP contribution in [0.15, 0.2) is 12.3 Å². The van der Waals surface area contributed by atoms with Crippen molar-refractivity contribution >= 4 is 0 Å². The van der Waals surface area contributed by atoms with E-state index in [1.165, 1.54) is 12.1 Å². The monoisotopic (exact) mass is 250 g/mol. The Labute approximate surface area is 110 Å². The molecule has 0 radical (unpaired) electrons. The van der Waals surface area contributed by atoms with Crippen molar-refractivity contribution in [1.29, 1.82) is 0 Å². The Morgan fingerprint density at radius 2 is 2.28 bits per heavy atom. The van der Waals surface area contributed by atoms with Gasteiger partial charge in [0.2, 0.25) is 0 Å². The minimum absolute atomic E-state index is 0.448. The van der Waals surface area contributed by atoms with Crippen molar-refractivity contribution in [3.8, 4) is 0 Å². The van der Waals surface area contributed by atoms with Crippen LogP contribution in [0.2, 0.25) is 0 Å². The van der Waals surface area contributed by atoms with Gasteiger partial charge < -0.3 is 5.73 Å². The number of hydrogen-bond acceptors (Lipinski definition) is 3. The van der Waals surface area contributed by atoms with Crippen molar-refractivity contribution in [1.82, 2.24) is 14.7 Å². The zero-order valence-corrected chi connectivity index (χ0v) is 11.8. The van der Waals surface area contributed by atoms with Crippen LogP contribution >= 0.6 is 0 Å². The van der Waals surface area contributed by atoms with Crippen LogP contribution in [0.3, 0.4) is 0 Å². The van der Waals surface area contributed by atoms with Gasteiger partial charge in [0.15, 0.2) is 0 Å². The molecule has 1 fully saturated rings. The normalized spacial score (nSPS) is 25.2. The molecule has 0 saturated carbocycles. The summed E-state index contributed by atoms with van der Waals surface area (Å²) < 4.78 is 2.16. The molecule has 0 aromatic carbocycles. The molecule has 2 N–H and O–H groups in total. The van der Waals surface area contributed by atoms with Crippen molar-refractivity contribution < 1.29 is 0 Å². The molecule has 0 bridgehead atoms. The van der Waals surface area contributed by atoms with Gasteiger partial charge in [0.1, 0.15) is 0 Å². The molecular formula is C14H26N4. The second kappa shape index (κ2) is 5.85. The van der Waals surface area contributed by atoms with Crippen molar-refractivity contribution in [2.75, 3.05) is 13.1 Å². The molecule has 2 heterocycles. The van der Waals surface area contributed by atoms with Crippen molar-refractivity contribution in [2.45, 2.75) is 52.2 Å². The van der Waals surface area contributed by atoms with Gasteiger partial charge >= 0.3 is 0 Å². The lowest BCUT2D eigenvalue weighted by atomic mass is 9.97. The summed E-state index contributed by atoms with van der Waals surface area (Å²) in [5.74, 6) is 0.569. The predicted octanol–water partition coefficient (Wildman–Crippen LogP) is 2.02. The lowest BCUT2D eigenvalue weighted by Crippen LogP contribution is -2.34. The van der Waals surface area contributed by atoms with Crippen LogP contribution in [-0.2, 0) is 6.54 Å². The molecule has 4 heteroatoms. The average Bonchev–Trinajstić information content (AvgIpc) is 2.93. The Balaban J connectivity index is 2.28. The van der Waals surface area contributed by atoms with Gasteiger partial charge in [-0.1, -0.05) is 6.92 Å². The van der Waals surface area contributed by atoms with E-state index in [0.717, 1.165) is 26.1 Å². The SMILES string of the molecule is CCCn1nccc1C1C(CN)CCN1C(C)C. The number of aryl methyl sites for hydroxylation is 1. The third-order valence-corrected chi connectivity index (χ3v) is 4.02. The molecule has 1 saturated heterocycles. The molecule has 1 aromatic heterocycles. The molecule has 4 nitrogen and oxygen atoms in total. The van der Waals surface area contributed by atoms with E-state index in [4.69, 9.17) is 5.73 Å². The number of nitrogens with two attached hydrogens (primary N) is 1. The fourth-order valence-corrected chi connectivity index (χ4v) is 3.11. The first-order chi connectivity index (χ1) is 8.69. The maximum atomic E-state index is 5.96. The highest BCUT2D eigenvalue weighted by molar-refractivity contribution is 5.12. The van der Waals surface area contributed by atoms with Crippen molar-refractivity contribution in [2.24, 2.45) is 11.7 Å². The quantitative estimate of drug-likeness (QED) is 0.869. The maximum Gasteiger partial charge on any atom is 0.0560 e. The average molecular weight is 250 g/mol. The fraction of sp³-hybridized carbons (Fsp3) is 0.786. The Morgan fingerprint density at radius 1 is 1.50 bits per heavy atom. The second-order valence-electron chi connectivity index (χ2n) is 5.54. The Bertz CT molecular complexity index is 372. The smallest absolute Gasteiger partial charge is 0.0560 e. The number of likely N-dealkylation sites (tertiary alicyclic amines) is 1. The highest BCUT2D eigenvalue weighted by atomic mass is 15.3. The molecule has 2 unspecified atom stereocenters. The summed E-state index contributed by atoms with van der Waals surface area (Å²) in [6.45, 7) is 9.66. The minimum Gasteiger partial charge on any atom is -0.330 e. The van der Waals surface area contributed by atoms with Gasteiger partial charge in [-0.25, -0.2) is 0 Å². The number of nitrogens with zero attached hydrogens (tertiary/aromatic N) is 3. The molecule has 1 aliphatic heterocycles. The number of rotatable bonds is 5. The molecule has 1 aliphatic rings. The summed E-state index contributed by atoms with van der Waals surface area (Å²) in [5.41, 5.74) is 7.31. The molecule has 2 rings (SSSR count). The first-order valence-electron chi connectivity index (χ1n) is 7.16. The van der Waals surface area contributed by atoms with E-state index >= 15 is 0 Å². The first-order valence-corrected chi connectivity index (χ1v) is 7.16. The van der Waals surface area contributed by atoms with Crippen LogP contribution in [0.4, 0.5) is 0 Å². The Kier molecular flexibility index (Phi) is 4.40. The van der Waals surface area contributed by atoms with E-state index in [1.54, 1.807) is 0 Å². The van der Waals surface area contributed by atoms with Gasteiger partial charge in [-0.3, -0.25) is 9.58 Å². The van der Waals surface area contributed by atoms with Crippen molar-refractivity contribution in [3.63, 3.8) is 0 Å². The topological polar surface area (TPSA) is 47.1 Å². The van der Waals surface area contributed by atoms with Crippen LogP contribution in [0, 0.1) is 5.92 Å². The van der Waals surface area contributed by atoms with Crippen LogP contribution in [-0.4, -0.2) is 33.8 Å². The largest absolute Gasteiger partial charge is 0.330 e. The van der Waals surface area contributed by atoms with Crippen LogP contribution in [0.25, 0.3) is 0 Å². The summed E-state index contributed by atoms with van der Waals surface area (Å²) in [5, 5.41) is 4.46. The maximum absolute atomic E-state index is 5.96. The van der Waals surface area contributed by atoms with Gasteiger partial charge in [-0.2, -0.15) is 5.10 Å². The standard InChI is InChI=1S/C14H26N4/c1-4-8-18-13(5-7-16-18)14-12(10-15)6-9-17(14)11(2)3/h5,7,11-12,14H,4,6,8-10,15H2,1-3H3. The Hall–Kier alpha value is -0.870. The summed E-state index contributed by atoms with van der Waals surface area (Å²) in [6, 6.07) is 3.18. The molecule has 2 atom stereocenters. The zero-order valence-electron chi connectivity index (χ0n) is 11.8. The first kappa shape index (κ1) is 13.6. The minimum atomic E-state index is 0.448. The highest BCUT2D eigenvalue weighted by Crippen LogP contribution is 2.37. The van der Waals surface area contributed by atoms with Crippen LogP contribution in [0.1, 0.15) is 45.3 Å². The summed E-state index contributed by atoms with van der Waals surface area (Å²) in [6.07, 6.45) is 4.25. The predicted molar refractivity (Wildman–Crippen MR) is 74.3 cm³/mol. The number of hydrogen-bond donors (Lipinski definition) is 1. The molecule has 102 valence electrons. The second-order valence-corrected chi connectivity index (χ2v) is 5.54. The van der Waals surface area contributed by atoms with Gasteiger partial charge in [0.05, 0.1) is 11.7 Å². The zero-order chi connectivity index (χ0) is 13.1. The highest BCUT2D eigenvalue weighted by Gasteiger charge is 2.37. The third kappa shape index (κ3) is 2.45. The van der Waals surface area contributed by atoms with Crippen molar-refractivity contribution in [3.05, 3.63) is 18.0 Å². The van der Waals surface area contributed by atoms with E-state index < -0.39 is 0 Å². The lowest BCUT2D eigenvalue weighted by Gasteiger charge is -2.31. The van der Waals surface area contributed by atoms with Gasteiger partial charge in [-0.15, -0.1) is 0 Å². The van der Waals surface area contributed by atoms with Gasteiger partial charge in [0.25, 0.3) is 0 Å². The van der Waals surface area contributed by atoms with E-state index in [0.29, 0.717) is 18.0 Å². The van der Waals surface area contributed by atoms with E-state index in [-0.39, 0.29) is 0 Å². The molecular weight excluding hydrogens is 224 g/mol. The van der Waals surface area contributed by atoms with E-state index in [2.05, 4.69) is 41.5 Å². The van der Waals surface area contributed by atoms with E-state index in [1.807, 2.05) is 6.20 Å². The van der Waals surface area contributed by atoms with E-state index in [9.17, 15) is 0 Å². The number of aromatic nitrogens is 2. The van der Waals surface area contributed by atoms with Crippen LogP contribution in [0.5, 0.6) is 0 Å². The summed E-state index contributed by atoms with van der Waals surface area (Å²) in [7, 11) is 0. The lowest BCUT2D eigenvalue weighted by molar-refractivity contribution is 0.175. The van der Waals surface area contributed by atoms with Gasteiger partial charge in [-0.05, 0) is 51.8 Å². The molecule has 0 spiro atoms. The fourth-order valence-electron chi connectivity index (χ4n) is 3.11. The molecule has 18 heavy (non-hydrogen) atoms. The third-order valence-electron chi connectivity index (χ3n) is 4.02. The van der Waals surface area contributed by atoms with Crippen LogP contribution < -0.4 is 5.73 Å². The summed E-state index contributed by atoms with van der Waals surface area (Å²) in [4.78, 5) is 2.57. The molecule has 1 aromatic rings. The molecule has 0 amide bonds. The molecule has 0 aliphatic carbocycles. The Morgan fingerprint density at radius 3 is 2.89 bits per heavy atom. The summed E-state index contributed by atoms with van der Waals surface area (Å²) >= 11 is 0. The van der Waals surface area contributed by atoms with Gasteiger partial charge in [0, 0.05) is 18.8 Å².